The van der Waals surface area contributed by atoms with Crippen LogP contribution in [0.5, 0.6) is 0 Å². The maximum absolute atomic E-state index is 11.9. The highest BCUT2D eigenvalue weighted by molar-refractivity contribution is 5.88. The molecule has 4 aliphatic carbocycles. The number of carbonyl (C=O) groups excluding carboxylic acids is 1. The second-order valence-electron chi connectivity index (χ2n) is 8.98. The fourth-order valence-corrected chi connectivity index (χ4v) is 6.54. The van der Waals surface area contributed by atoms with Gasteiger partial charge in [-0.15, -0.1) is 0 Å². The molecule has 0 bridgehead atoms. The minimum absolute atomic E-state index is 0.130. The van der Waals surface area contributed by atoms with Crippen LogP contribution in [-0.4, -0.2) is 13.1 Å². The third-order valence-corrected chi connectivity index (χ3v) is 8.02. The molecule has 0 spiro atoms. The number of methoxy groups -OCH3 is 1. The maximum atomic E-state index is 11.9. The van der Waals surface area contributed by atoms with Crippen molar-refractivity contribution < 1.29 is 9.53 Å². The van der Waals surface area contributed by atoms with Gasteiger partial charge in [0.15, 0.2) is 0 Å². The van der Waals surface area contributed by atoms with Gasteiger partial charge in [-0.3, -0.25) is 0 Å². The van der Waals surface area contributed by atoms with Gasteiger partial charge in [-0.1, -0.05) is 38.5 Å². The van der Waals surface area contributed by atoms with E-state index < -0.39 is 0 Å². The van der Waals surface area contributed by atoms with Crippen LogP contribution < -0.4 is 0 Å². The Bertz CT molecular complexity index is 574. The first-order chi connectivity index (χ1) is 11.0. The fraction of sp³-hybridized carbons (Fsp3) is 0.762. The Balaban J connectivity index is 1.67. The normalized spacial score (nSPS) is 48.0. The van der Waals surface area contributed by atoms with Crippen LogP contribution in [0.4, 0.5) is 0 Å². The number of esters is 1. The van der Waals surface area contributed by atoms with Gasteiger partial charge in [0.25, 0.3) is 0 Å². The van der Waals surface area contributed by atoms with Crippen LogP contribution in [0.25, 0.3) is 0 Å². The van der Waals surface area contributed by atoms with Gasteiger partial charge in [-0.05, 0) is 67.1 Å². The van der Waals surface area contributed by atoms with E-state index in [0.29, 0.717) is 16.7 Å². The molecule has 126 valence electrons. The Hall–Kier alpha value is -1.05. The third-order valence-electron chi connectivity index (χ3n) is 8.02. The highest BCUT2D eigenvalue weighted by Gasteiger charge is 2.55. The van der Waals surface area contributed by atoms with Crippen LogP contribution in [0.2, 0.25) is 0 Å². The zero-order valence-electron chi connectivity index (χ0n) is 14.8. The summed E-state index contributed by atoms with van der Waals surface area (Å²) < 4.78 is 4.95. The lowest BCUT2D eigenvalue weighted by atomic mass is 9.48. The second kappa shape index (κ2) is 5.22. The average Bonchev–Trinajstić information content (AvgIpc) is 2.95. The van der Waals surface area contributed by atoms with Gasteiger partial charge in [0.05, 0.1) is 7.11 Å². The van der Waals surface area contributed by atoms with E-state index in [1.165, 1.54) is 39.2 Å². The molecule has 0 N–H and O–H groups in total. The Morgan fingerprint density at radius 2 is 1.96 bits per heavy atom. The van der Waals surface area contributed by atoms with Crippen molar-refractivity contribution in [1.82, 2.24) is 0 Å². The molecule has 1 unspecified atom stereocenters. The molecule has 0 aromatic rings. The van der Waals surface area contributed by atoms with Gasteiger partial charge in [0.2, 0.25) is 0 Å². The van der Waals surface area contributed by atoms with Gasteiger partial charge in [-0.2, -0.15) is 0 Å². The molecular weight excluding hydrogens is 284 g/mol. The Kier molecular flexibility index (Phi) is 3.52. The first kappa shape index (κ1) is 15.5. The van der Waals surface area contributed by atoms with Gasteiger partial charge in [-0.25, -0.2) is 4.79 Å². The van der Waals surface area contributed by atoms with Crippen LogP contribution >= 0.6 is 0 Å². The largest absolute Gasteiger partial charge is 0.466 e. The quantitative estimate of drug-likeness (QED) is 0.508. The van der Waals surface area contributed by atoms with Gasteiger partial charge in [0.1, 0.15) is 0 Å². The molecule has 2 heteroatoms. The van der Waals surface area contributed by atoms with E-state index in [4.69, 9.17) is 4.74 Å². The SMILES string of the molecule is COC(=O)C1=CC2C=C[C@H]3[C@@H]4CCC[C@@]4(C)CC[C@@H]3[C@@]2(C)CC1. The lowest BCUT2D eigenvalue weighted by Crippen LogP contribution is -2.49. The Morgan fingerprint density at radius 3 is 2.74 bits per heavy atom. The lowest BCUT2D eigenvalue weighted by Gasteiger charge is -2.56. The highest BCUT2D eigenvalue weighted by atomic mass is 16.5. The number of allylic oxidation sites excluding steroid dienone is 3. The van der Waals surface area contributed by atoms with E-state index in [1.54, 1.807) is 0 Å². The van der Waals surface area contributed by atoms with Gasteiger partial charge >= 0.3 is 5.97 Å². The first-order valence-corrected chi connectivity index (χ1v) is 9.45. The predicted molar refractivity (Wildman–Crippen MR) is 91.7 cm³/mol. The van der Waals surface area contributed by atoms with E-state index in [0.717, 1.165) is 36.2 Å². The molecule has 4 rings (SSSR count). The fourth-order valence-electron chi connectivity index (χ4n) is 6.54. The number of fused-ring (bicyclic) bond motifs is 5. The number of hydrogen-bond donors (Lipinski definition) is 0. The van der Waals surface area contributed by atoms with E-state index in [1.807, 2.05) is 0 Å². The van der Waals surface area contributed by atoms with Gasteiger partial charge < -0.3 is 4.74 Å². The van der Waals surface area contributed by atoms with Crippen molar-refractivity contribution in [3.8, 4) is 0 Å². The summed E-state index contributed by atoms with van der Waals surface area (Å²) in [4.78, 5) is 11.9. The Morgan fingerprint density at radius 1 is 1.13 bits per heavy atom. The van der Waals surface area contributed by atoms with E-state index >= 15 is 0 Å². The molecular formula is C21H30O2. The maximum Gasteiger partial charge on any atom is 0.333 e. The zero-order valence-corrected chi connectivity index (χ0v) is 14.8. The van der Waals surface area contributed by atoms with Crippen molar-refractivity contribution in [2.75, 3.05) is 7.11 Å². The smallest absolute Gasteiger partial charge is 0.333 e. The second-order valence-corrected chi connectivity index (χ2v) is 8.98. The molecule has 0 amide bonds. The van der Waals surface area contributed by atoms with Gasteiger partial charge in [0, 0.05) is 11.5 Å². The molecule has 4 aliphatic rings. The standard InChI is InChI=1S/C21H30O2/c1-20-10-4-5-17(20)16-7-6-15-13-14(19(22)23-3)8-12-21(15,2)18(16)9-11-20/h6-7,13,15-18H,4-5,8-12H2,1-3H3/t15?,16-,17-,18-,20-,21-/m0/s1. The van der Waals surface area contributed by atoms with Crippen molar-refractivity contribution in [2.45, 2.75) is 58.8 Å². The molecule has 0 aromatic heterocycles. The van der Waals surface area contributed by atoms with E-state index in [-0.39, 0.29) is 5.97 Å². The van der Waals surface area contributed by atoms with Crippen molar-refractivity contribution in [3.63, 3.8) is 0 Å². The van der Waals surface area contributed by atoms with E-state index in [9.17, 15) is 4.79 Å². The summed E-state index contributed by atoms with van der Waals surface area (Å²) in [5, 5.41) is 0. The summed E-state index contributed by atoms with van der Waals surface area (Å²) in [5.74, 6) is 2.74. The highest BCUT2D eigenvalue weighted by Crippen LogP contribution is 2.64. The van der Waals surface area contributed by atoms with Crippen LogP contribution in [0.3, 0.4) is 0 Å². The molecule has 2 fully saturated rings. The van der Waals surface area contributed by atoms with Crippen molar-refractivity contribution in [3.05, 3.63) is 23.8 Å². The zero-order chi connectivity index (χ0) is 16.2. The topological polar surface area (TPSA) is 26.3 Å². The van der Waals surface area contributed by atoms with Crippen LogP contribution in [-0.2, 0) is 9.53 Å². The minimum Gasteiger partial charge on any atom is -0.466 e. The minimum atomic E-state index is -0.130. The molecule has 0 radical (unpaired) electrons. The molecule has 0 saturated heterocycles. The molecule has 0 aliphatic heterocycles. The Labute approximate surface area is 140 Å². The summed E-state index contributed by atoms with van der Waals surface area (Å²) >= 11 is 0. The predicted octanol–water partition coefficient (Wildman–Crippen LogP) is 4.90. The molecule has 6 atom stereocenters. The number of rotatable bonds is 1. The number of ether oxygens (including phenoxy) is 1. The molecule has 2 nitrogen and oxygen atoms in total. The monoisotopic (exact) mass is 314 g/mol. The first-order valence-electron chi connectivity index (χ1n) is 9.45. The van der Waals surface area contributed by atoms with E-state index in [2.05, 4.69) is 32.1 Å². The third kappa shape index (κ3) is 2.16. The van der Waals surface area contributed by atoms with Crippen LogP contribution in [0.15, 0.2) is 23.8 Å². The van der Waals surface area contributed by atoms with Crippen molar-refractivity contribution in [2.24, 2.45) is 34.5 Å². The lowest BCUT2D eigenvalue weighted by molar-refractivity contribution is -0.136. The van der Waals surface area contributed by atoms with Crippen molar-refractivity contribution >= 4 is 5.97 Å². The van der Waals surface area contributed by atoms with Crippen molar-refractivity contribution in [1.29, 1.82) is 0 Å². The number of carbonyl (C=O) groups is 1. The summed E-state index contributed by atoms with van der Waals surface area (Å²) in [6.07, 6.45) is 16.2. The van der Waals surface area contributed by atoms with Crippen LogP contribution in [0, 0.1) is 34.5 Å². The summed E-state index contributed by atoms with van der Waals surface area (Å²) in [6, 6.07) is 0. The molecule has 0 aromatic carbocycles. The average molecular weight is 314 g/mol. The summed E-state index contributed by atoms with van der Waals surface area (Å²) in [7, 11) is 1.49. The summed E-state index contributed by atoms with van der Waals surface area (Å²) in [5.41, 5.74) is 1.82. The molecule has 23 heavy (non-hydrogen) atoms. The molecule has 2 saturated carbocycles. The van der Waals surface area contributed by atoms with Crippen LogP contribution in [0.1, 0.15) is 58.8 Å². The number of hydrogen-bond acceptors (Lipinski definition) is 2. The molecule has 0 heterocycles. The summed E-state index contributed by atoms with van der Waals surface area (Å²) in [6.45, 7) is 5.03.